The lowest BCUT2D eigenvalue weighted by atomic mass is 10.1. The molecule has 0 aliphatic carbocycles. The zero-order valence-electron chi connectivity index (χ0n) is 19.3. The van der Waals surface area contributed by atoms with Gasteiger partial charge in [-0.15, -0.1) is 0 Å². The smallest absolute Gasteiger partial charge is 0.387 e. The van der Waals surface area contributed by atoms with E-state index >= 15 is 0 Å². The van der Waals surface area contributed by atoms with Crippen molar-refractivity contribution in [2.75, 3.05) is 18.9 Å². The molecular formula is C18H21N9O8P2S. The Morgan fingerprint density at radius 3 is 3.00 bits per heavy atom. The first-order valence-electron chi connectivity index (χ1n) is 11.2. The SMILES string of the molecule is Nc1nc2c(ncn2[C@@H]2O[C@@H]3COPOCCn4c(nc5cncnc54)COP(=O)(S)O[C@@H]2[C@@H]3O)c(=O)[nH]1. The topological polar surface area (TPSA) is 217 Å². The van der Waals surface area contributed by atoms with Gasteiger partial charge in [-0.25, -0.2) is 24.5 Å². The number of aliphatic hydroxyl groups is 1. The molecule has 17 nitrogen and oxygen atoms in total. The number of nitrogens with one attached hydrogen (secondary N) is 1. The average molecular weight is 585 g/mol. The summed E-state index contributed by atoms with van der Waals surface area (Å²) in [6.07, 6.45) is -0.477. The molecule has 20 heteroatoms. The number of nitrogens with zero attached hydrogens (tertiary/aromatic N) is 7. The summed E-state index contributed by atoms with van der Waals surface area (Å²) >= 11 is 4.13. The Labute approximate surface area is 219 Å². The number of hydrogen-bond donors (Lipinski definition) is 4. The highest BCUT2D eigenvalue weighted by Crippen LogP contribution is 2.57. The standard InChI is InChI=1S/C18H21N9O8P2S/c19-18-24-15-11(16(29)25-18)22-7-27(15)17-13-12(28)9(34-17)4-32-36-31-2-1-26-10(5-33-37(30,38)35-13)23-8-3-20-6-21-14(8)26/h3,6-7,9,12-13,17,28,36H,1-2,4-5H2,(H,30,38)(H3,19,24,25,29)/t9-,12-,13-,17-,37?/m1/s1. The summed E-state index contributed by atoms with van der Waals surface area (Å²) < 4.78 is 44.9. The summed E-state index contributed by atoms with van der Waals surface area (Å²) in [5, 5.41) is 11.1. The molecule has 2 unspecified atom stereocenters. The zero-order valence-corrected chi connectivity index (χ0v) is 22.1. The van der Waals surface area contributed by atoms with E-state index in [1.807, 2.05) is 0 Å². The third-order valence-corrected chi connectivity index (χ3v) is 8.12. The normalized spacial score (nSPS) is 29.8. The minimum atomic E-state index is -4.13. The Bertz CT molecular complexity index is 1600. The van der Waals surface area contributed by atoms with Crippen LogP contribution >= 0.6 is 28.1 Å². The Hall–Kier alpha value is -2.53. The van der Waals surface area contributed by atoms with Gasteiger partial charge in [-0.1, -0.05) is 12.2 Å². The molecule has 6 heterocycles. The third-order valence-electron chi connectivity index (χ3n) is 5.92. The lowest BCUT2D eigenvalue weighted by Gasteiger charge is -2.24. The highest BCUT2D eigenvalue weighted by Gasteiger charge is 2.49. The van der Waals surface area contributed by atoms with Gasteiger partial charge in [0.1, 0.15) is 42.6 Å². The van der Waals surface area contributed by atoms with E-state index in [1.54, 1.807) is 10.8 Å². The van der Waals surface area contributed by atoms with Crippen LogP contribution in [0.4, 0.5) is 5.95 Å². The number of aliphatic hydroxyl groups excluding tert-OH is 1. The van der Waals surface area contributed by atoms with Gasteiger partial charge in [0.05, 0.1) is 25.7 Å². The van der Waals surface area contributed by atoms with E-state index in [1.165, 1.54) is 17.2 Å². The Morgan fingerprint density at radius 1 is 1.26 bits per heavy atom. The summed E-state index contributed by atoms with van der Waals surface area (Å²) in [5.74, 6) is 0.238. The molecule has 0 spiro atoms. The number of nitrogens with two attached hydrogens (primary N) is 1. The van der Waals surface area contributed by atoms with Gasteiger partial charge in [0.2, 0.25) is 5.95 Å². The van der Waals surface area contributed by atoms with Crippen LogP contribution < -0.4 is 11.3 Å². The average Bonchev–Trinajstić information content (AvgIpc) is 3.54. The molecule has 0 amide bonds. The van der Waals surface area contributed by atoms with Gasteiger partial charge in [-0.2, -0.15) is 4.98 Å². The van der Waals surface area contributed by atoms with Gasteiger partial charge in [0.25, 0.3) is 5.56 Å². The summed E-state index contributed by atoms with van der Waals surface area (Å²) in [6.45, 7) is -3.86. The zero-order chi connectivity index (χ0) is 26.4. The fraction of sp³-hybridized carbons (Fsp3) is 0.444. The second kappa shape index (κ2) is 10.2. The van der Waals surface area contributed by atoms with Crippen LogP contribution in [0.5, 0.6) is 0 Å². The van der Waals surface area contributed by atoms with Gasteiger partial charge < -0.3 is 29.2 Å². The number of ether oxygens (including phenoxy) is 1. The van der Waals surface area contributed by atoms with E-state index in [-0.39, 0.29) is 46.0 Å². The molecule has 6 rings (SSSR count). The summed E-state index contributed by atoms with van der Waals surface area (Å²) in [6, 6.07) is 0. The Kier molecular flexibility index (Phi) is 6.92. The van der Waals surface area contributed by atoms with Crippen molar-refractivity contribution in [3.05, 3.63) is 35.0 Å². The maximum atomic E-state index is 13.4. The van der Waals surface area contributed by atoms with Crippen molar-refractivity contribution in [1.82, 2.24) is 39.0 Å². The molecule has 2 bridgehead atoms. The molecule has 2 aliphatic heterocycles. The highest BCUT2D eigenvalue weighted by atomic mass is 32.7. The van der Waals surface area contributed by atoms with E-state index in [2.05, 4.69) is 42.2 Å². The van der Waals surface area contributed by atoms with Gasteiger partial charge in [-0.3, -0.25) is 23.4 Å². The van der Waals surface area contributed by atoms with Crippen LogP contribution in [0.15, 0.2) is 23.6 Å². The van der Waals surface area contributed by atoms with E-state index in [4.69, 9.17) is 28.6 Å². The Morgan fingerprint density at radius 2 is 2.13 bits per heavy atom. The van der Waals surface area contributed by atoms with Crippen molar-refractivity contribution in [1.29, 1.82) is 0 Å². The van der Waals surface area contributed by atoms with Crippen molar-refractivity contribution in [2.24, 2.45) is 0 Å². The van der Waals surface area contributed by atoms with Crippen LogP contribution in [-0.2, 0) is 40.5 Å². The van der Waals surface area contributed by atoms with Crippen molar-refractivity contribution < 1.29 is 32.5 Å². The molecule has 6 atom stereocenters. The third kappa shape index (κ3) is 4.83. The fourth-order valence-electron chi connectivity index (χ4n) is 4.25. The predicted octanol–water partition coefficient (Wildman–Crippen LogP) is 0.295. The molecule has 1 saturated heterocycles. The number of fused-ring (bicyclic) bond motifs is 6. The highest BCUT2D eigenvalue weighted by molar-refractivity contribution is 8.44. The monoisotopic (exact) mass is 585 g/mol. The molecule has 4 aromatic rings. The van der Waals surface area contributed by atoms with Crippen molar-refractivity contribution in [3.8, 4) is 0 Å². The number of imidazole rings is 2. The van der Waals surface area contributed by atoms with Crippen LogP contribution in [0.1, 0.15) is 12.1 Å². The molecule has 0 radical (unpaired) electrons. The molecule has 4 aromatic heterocycles. The van der Waals surface area contributed by atoms with Crippen LogP contribution in [-0.4, -0.2) is 75.7 Å². The molecule has 1 fully saturated rings. The van der Waals surface area contributed by atoms with Crippen LogP contribution in [0.2, 0.25) is 0 Å². The lowest BCUT2D eigenvalue weighted by Crippen LogP contribution is -2.35. The predicted molar refractivity (Wildman–Crippen MR) is 134 cm³/mol. The number of anilines is 1. The number of thiol groups is 1. The second-order valence-electron chi connectivity index (χ2n) is 8.30. The van der Waals surface area contributed by atoms with Crippen LogP contribution in [0, 0.1) is 0 Å². The Balaban J connectivity index is 1.34. The second-order valence-corrected chi connectivity index (χ2v) is 11.9. The first-order valence-corrected chi connectivity index (χ1v) is 14.7. The number of aromatic nitrogens is 8. The molecular weight excluding hydrogens is 564 g/mol. The van der Waals surface area contributed by atoms with Crippen molar-refractivity contribution in [3.63, 3.8) is 0 Å². The first kappa shape index (κ1) is 25.7. The van der Waals surface area contributed by atoms with E-state index in [9.17, 15) is 14.5 Å². The largest absolute Gasteiger partial charge is 0.387 e. The molecule has 38 heavy (non-hydrogen) atoms. The molecule has 4 N–H and O–H groups in total. The van der Waals surface area contributed by atoms with Gasteiger partial charge in [-0.05, 0) is 0 Å². The van der Waals surface area contributed by atoms with E-state index in [0.717, 1.165) is 0 Å². The maximum absolute atomic E-state index is 13.4. The van der Waals surface area contributed by atoms with Crippen LogP contribution in [0.25, 0.3) is 22.3 Å². The summed E-state index contributed by atoms with van der Waals surface area (Å²) in [7, 11) is -0.366. The first-order chi connectivity index (χ1) is 18.3. The minimum absolute atomic E-state index is 0.0138. The molecule has 0 aromatic carbocycles. The van der Waals surface area contributed by atoms with Gasteiger partial charge >= 0.3 is 6.80 Å². The molecule has 202 valence electrons. The van der Waals surface area contributed by atoms with Crippen molar-refractivity contribution in [2.45, 2.75) is 37.7 Å². The summed E-state index contributed by atoms with van der Waals surface area (Å²) in [5.41, 5.74) is 6.26. The quantitative estimate of drug-likeness (QED) is 0.175. The van der Waals surface area contributed by atoms with E-state index < -0.39 is 36.9 Å². The number of nitrogen functional groups attached to an aromatic ring is 1. The van der Waals surface area contributed by atoms with Crippen LogP contribution in [0.3, 0.4) is 0 Å². The van der Waals surface area contributed by atoms with E-state index in [0.29, 0.717) is 23.5 Å². The van der Waals surface area contributed by atoms with Gasteiger partial charge in [0.15, 0.2) is 32.1 Å². The number of aromatic amines is 1. The number of H-pyrrole nitrogens is 1. The van der Waals surface area contributed by atoms with Gasteiger partial charge in [0, 0.05) is 6.54 Å². The number of rotatable bonds is 1. The molecule has 2 aliphatic rings. The number of hydrogen-bond acceptors (Lipinski definition) is 14. The summed E-state index contributed by atoms with van der Waals surface area (Å²) in [4.78, 5) is 35.5. The minimum Gasteiger partial charge on any atom is -0.387 e. The van der Waals surface area contributed by atoms with Crippen molar-refractivity contribution >= 4 is 56.4 Å². The molecule has 0 saturated carbocycles. The lowest BCUT2D eigenvalue weighted by molar-refractivity contribution is -0.0450. The fourth-order valence-corrected chi connectivity index (χ4v) is 6.12. The maximum Gasteiger partial charge on any atom is 0.387 e.